The van der Waals surface area contributed by atoms with E-state index in [0.717, 1.165) is 5.92 Å². The molecule has 1 aliphatic carbocycles. The number of rotatable bonds is 4. The second-order valence-corrected chi connectivity index (χ2v) is 4.38. The molecule has 0 spiro atoms. The lowest BCUT2D eigenvalue weighted by atomic mass is 9.80. The average Bonchev–Trinajstić information content (AvgIpc) is 2.19. The van der Waals surface area contributed by atoms with Crippen LogP contribution in [0.5, 0.6) is 0 Å². The van der Waals surface area contributed by atoms with Crippen molar-refractivity contribution in [3.63, 3.8) is 0 Å². The molecule has 0 heterocycles. The van der Waals surface area contributed by atoms with Crippen molar-refractivity contribution in [1.29, 1.82) is 0 Å². The lowest BCUT2D eigenvalue weighted by Crippen LogP contribution is -2.13. The van der Waals surface area contributed by atoms with E-state index in [0.29, 0.717) is 5.92 Å². The van der Waals surface area contributed by atoms with Gasteiger partial charge in [0.1, 0.15) is 0 Å². The van der Waals surface area contributed by atoms with Crippen LogP contribution in [0.3, 0.4) is 0 Å². The van der Waals surface area contributed by atoms with Gasteiger partial charge < -0.3 is 0 Å². The van der Waals surface area contributed by atoms with Crippen molar-refractivity contribution in [1.82, 2.24) is 0 Å². The number of hydrogen-bond donors (Lipinski definition) is 0. The molecule has 1 saturated carbocycles. The lowest BCUT2D eigenvalue weighted by molar-refractivity contribution is 0.294. The molecule has 0 amide bonds. The van der Waals surface area contributed by atoms with E-state index < -0.39 is 0 Å². The smallest absolute Gasteiger partial charge is 0.0200 e. The van der Waals surface area contributed by atoms with Crippen molar-refractivity contribution < 1.29 is 0 Å². The third-order valence-corrected chi connectivity index (χ3v) is 3.30. The molecule has 0 atom stereocenters. The number of terminal acetylenes is 1. The molecular weight excluding hydrogens is 156 g/mol. The van der Waals surface area contributed by atoms with Gasteiger partial charge in [0.2, 0.25) is 0 Å². The third kappa shape index (κ3) is 3.85. The van der Waals surface area contributed by atoms with Crippen molar-refractivity contribution in [3.05, 3.63) is 0 Å². The van der Waals surface area contributed by atoms with Crippen LogP contribution in [-0.4, -0.2) is 0 Å². The van der Waals surface area contributed by atoms with E-state index in [-0.39, 0.29) is 0 Å². The molecule has 0 nitrogen and oxygen atoms in total. The fourth-order valence-corrected chi connectivity index (χ4v) is 2.30. The van der Waals surface area contributed by atoms with Gasteiger partial charge in [0.25, 0.3) is 0 Å². The Morgan fingerprint density at radius 2 is 1.85 bits per heavy atom. The van der Waals surface area contributed by atoms with Crippen molar-refractivity contribution in [2.24, 2.45) is 11.8 Å². The van der Waals surface area contributed by atoms with Gasteiger partial charge in [0.15, 0.2) is 0 Å². The Bertz CT molecular complexity index is 155. The van der Waals surface area contributed by atoms with E-state index in [1.165, 1.54) is 51.4 Å². The summed E-state index contributed by atoms with van der Waals surface area (Å²) < 4.78 is 0. The zero-order valence-electron chi connectivity index (χ0n) is 8.89. The van der Waals surface area contributed by atoms with Crippen LogP contribution in [0.1, 0.15) is 58.3 Å². The fraction of sp³-hybridized carbons (Fsp3) is 0.846. The molecule has 1 aliphatic rings. The molecule has 1 rings (SSSR count). The Hall–Kier alpha value is -0.440. The van der Waals surface area contributed by atoms with E-state index in [9.17, 15) is 0 Å². The summed E-state index contributed by atoms with van der Waals surface area (Å²) in [6.45, 7) is 2.27. The average molecular weight is 178 g/mol. The lowest BCUT2D eigenvalue weighted by Gasteiger charge is -2.25. The quantitative estimate of drug-likeness (QED) is 0.451. The zero-order chi connectivity index (χ0) is 9.52. The molecule has 0 heteroatoms. The molecule has 0 saturated heterocycles. The summed E-state index contributed by atoms with van der Waals surface area (Å²) in [6.07, 6.45) is 16.4. The first-order valence-electron chi connectivity index (χ1n) is 5.83. The minimum atomic E-state index is 0.599. The Balaban J connectivity index is 2.08. The van der Waals surface area contributed by atoms with Gasteiger partial charge in [-0.25, -0.2) is 0 Å². The van der Waals surface area contributed by atoms with Crippen LogP contribution in [0.15, 0.2) is 0 Å². The van der Waals surface area contributed by atoms with E-state index in [2.05, 4.69) is 12.8 Å². The SMILES string of the molecule is C#C[C@H]1CC[C@H](CCCCC)CC1. The van der Waals surface area contributed by atoms with Crippen LogP contribution >= 0.6 is 0 Å². The maximum absolute atomic E-state index is 5.42. The largest absolute Gasteiger partial charge is 0.120 e. The van der Waals surface area contributed by atoms with Crippen LogP contribution in [0, 0.1) is 24.2 Å². The Morgan fingerprint density at radius 1 is 1.15 bits per heavy atom. The fourth-order valence-electron chi connectivity index (χ4n) is 2.30. The first-order chi connectivity index (χ1) is 6.36. The summed E-state index contributed by atoms with van der Waals surface area (Å²) >= 11 is 0. The van der Waals surface area contributed by atoms with Gasteiger partial charge in [0.05, 0.1) is 0 Å². The maximum atomic E-state index is 5.42. The molecule has 74 valence electrons. The van der Waals surface area contributed by atoms with Crippen molar-refractivity contribution in [2.45, 2.75) is 58.3 Å². The van der Waals surface area contributed by atoms with Crippen LogP contribution in [0.25, 0.3) is 0 Å². The highest BCUT2D eigenvalue weighted by molar-refractivity contribution is 4.95. The molecule has 0 aromatic heterocycles. The highest BCUT2D eigenvalue weighted by Gasteiger charge is 2.18. The van der Waals surface area contributed by atoms with Crippen molar-refractivity contribution in [3.8, 4) is 12.3 Å². The molecule has 0 aromatic carbocycles. The van der Waals surface area contributed by atoms with Gasteiger partial charge in [0, 0.05) is 5.92 Å². The third-order valence-electron chi connectivity index (χ3n) is 3.30. The topological polar surface area (TPSA) is 0 Å². The normalized spacial score (nSPS) is 28.3. The molecule has 13 heavy (non-hydrogen) atoms. The molecule has 0 N–H and O–H groups in total. The molecule has 0 unspecified atom stereocenters. The molecule has 0 aromatic rings. The van der Waals surface area contributed by atoms with Gasteiger partial charge in [-0.05, 0) is 31.6 Å². The Labute approximate surface area is 83.1 Å². The first kappa shape index (κ1) is 10.6. The van der Waals surface area contributed by atoms with Gasteiger partial charge in [-0.2, -0.15) is 0 Å². The summed E-state index contributed by atoms with van der Waals surface area (Å²) in [7, 11) is 0. The number of hydrogen-bond acceptors (Lipinski definition) is 0. The molecular formula is C13H22. The van der Waals surface area contributed by atoms with Gasteiger partial charge in [-0.15, -0.1) is 12.3 Å². The van der Waals surface area contributed by atoms with E-state index >= 15 is 0 Å². The van der Waals surface area contributed by atoms with Gasteiger partial charge in [-0.1, -0.05) is 32.6 Å². The summed E-state index contributed by atoms with van der Waals surface area (Å²) in [5, 5.41) is 0. The Kier molecular flexibility index (Phi) is 4.98. The molecule has 1 fully saturated rings. The summed E-state index contributed by atoms with van der Waals surface area (Å²) in [4.78, 5) is 0. The van der Waals surface area contributed by atoms with E-state index in [1.807, 2.05) is 0 Å². The first-order valence-corrected chi connectivity index (χ1v) is 5.83. The van der Waals surface area contributed by atoms with Gasteiger partial charge in [-0.3, -0.25) is 0 Å². The Morgan fingerprint density at radius 3 is 2.38 bits per heavy atom. The highest BCUT2D eigenvalue weighted by atomic mass is 14.2. The molecule has 0 bridgehead atoms. The maximum Gasteiger partial charge on any atom is 0.0200 e. The van der Waals surface area contributed by atoms with Crippen LogP contribution in [0.4, 0.5) is 0 Å². The zero-order valence-corrected chi connectivity index (χ0v) is 8.89. The minimum absolute atomic E-state index is 0.599. The second-order valence-electron chi connectivity index (χ2n) is 4.38. The van der Waals surface area contributed by atoms with Crippen LogP contribution < -0.4 is 0 Å². The minimum Gasteiger partial charge on any atom is -0.120 e. The van der Waals surface area contributed by atoms with E-state index in [4.69, 9.17) is 6.42 Å². The predicted octanol–water partition coefficient (Wildman–Crippen LogP) is 4.01. The summed E-state index contributed by atoms with van der Waals surface area (Å²) in [5.41, 5.74) is 0. The predicted molar refractivity (Wildman–Crippen MR) is 58.4 cm³/mol. The highest BCUT2D eigenvalue weighted by Crippen LogP contribution is 2.31. The number of unbranched alkanes of at least 4 members (excludes halogenated alkanes) is 2. The van der Waals surface area contributed by atoms with Crippen molar-refractivity contribution in [2.75, 3.05) is 0 Å². The monoisotopic (exact) mass is 178 g/mol. The summed E-state index contributed by atoms with van der Waals surface area (Å²) in [6, 6.07) is 0. The second kappa shape index (κ2) is 6.08. The molecule has 0 aliphatic heterocycles. The summed E-state index contributed by atoms with van der Waals surface area (Å²) in [5.74, 6) is 4.49. The van der Waals surface area contributed by atoms with Crippen LogP contribution in [0.2, 0.25) is 0 Å². The van der Waals surface area contributed by atoms with E-state index in [1.54, 1.807) is 0 Å². The molecule has 0 radical (unpaired) electrons. The standard InChI is InChI=1S/C13H22/c1-3-5-6-7-13-10-8-12(4-2)9-11-13/h2,12-13H,3,5-11H2,1H3/t12-,13-. The van der Waals surface area contributed by atoms with Crippen LogP contribution in [-0.2, 0) is 0 Å². The van der Waals surface area contributed by atoms with Crippen molar-refractivity contribution >= 4 is 0 Å². The van der Waals surface area contributed by atoms with Gasteiger partial charge >= 0.3 is 0 Å².